The van der Waals surface area contributed by atoms with E-state index in [-0.39, 0.29) is 96.6 Å². The fraction of sp³-hybridized carbons (Fsp3) is 0.981. The second-order valence-electron chi connectivity index (χ2n) is 23.8. The maximum Gasteiger partial charge on any atom is 1.00 e. The van der Waals surface area contributed by atoms with E-state index in [2.05, 4.69) is 20.8 Å². The van der Waals surface area contributed by atoms with Gasteiger partial charge < -0.3 is 86.8 Å². The van der Waals surface area contributed by atoms with Crippen molar-refractivity contribution in [2.24, 2.45) is 35.5 Å². The molecule has 8 fully saturated rings. The van der Waals surface area contributed by atoms with Crippen LogP contribution < -0.4 is 34.7 Å². The second kappa shape index (κ2) is 22.9. The Hall–Kier alpha value is -0.170. The van der Waals surface area contributed by atoms with Crippen LogP contribution in [-0.2, 0) is 66.4 Å². The van der Waals surface area contributed by atoms with Crippen LogP contribution in [0.4, 0.5) is 0 Å². The Bertz CT molecular complexity index is 1820. The summed E-state index contributed by atoms with van der Waals surface area (Å²) in [5.74, 6) is -9.42. The first-order chi connectivity index (χ1) is 33.3. The molecule has 0 aromatic rings. The number of rotatable bonds is 14. The van der Waals surface area contributed by atoms with Crippen molar-refractivity contribution < 1.29 is 116 Å². The summed E-state index contributed by atoms with van der Waals surface area (Å²) in [7, 11) is 4.89. The van der Waals surface area contributed by atoms with Gasteiger partial charge in [0.2, 0.25) is 0 Å². The number of ether oxygens (including phenoxy) is 13. The zero-order valence-corrected chi connectivity index (χ0v) is 47.9. The van der Waals surface area contributed by atoms with Crippen LogP contribution in [0.25, 0.3) is 0 Å². The molecule has 72 heavy (non-hydrogen) atoms. The molecule has 0 amide bonds. The maximum atomic E-state index is 12.5. The summed E-state index contributed by atoms with van der Waals surface area (Å²) in [4.78, 5) is 12.5. The Morgan fingerprint density at radius 2 is 1.32 bits per heavy atom. The summed E-state index contributed by atoms with van der Waals surface area (Å²) in [6, 6.07) is 0. The molecule has 0 saturated carbocycles. The van der Waals surface area contributed by atoms with Crippen molar-refractivity contribution in [1.29, 1.82) is 0 Å². The first kappa shape index (κ1) is 59.5. The average molecular weight is 1040 g/mol. The molecule has 0 aliphatic carbocycles. The largest absolute Gasteiger partial charge is 1.00 e. The molecule has 0 aromatic carbocycles. The molecule has 8 aliphatic rings. The van der Waals surface area contributed by atoms with Gasteiger partial charge in [-0.25, -0.2) is 0 Å². The summed E-state index contributed by atoms with van der Waals surface area (Å²) >= 11 is 0. The molecule has 18 nitrogen and oxygen atoms in total. The predicted octanol–water partition coefficient (Wildman–Crippen LogP) is 1.52. The molecule has 1 spiro atoms. The maximum absolute atomic E-state index is 12.5. The standard InChI is InChI=1S/C53H90O18.Na/c1-26-23-27(2)51(11,57)68-42(26)37-24-38(64-40-17-15-35(59-12)32(7)62-40)47(65-37)50(10)20-19-39(67-50)49(9)21-22-52(71-49)25-34(54)28(3)43(69-52)29(4)44-46(61-14)45(30(5)53(58,70-44)31(6)48(55)56)66-41-18-16-36(60-13)33(8)63-41;/h26-47,54,57-58H,15-25H2,1-14H3,(H,55,56);/q;+1/p-1/t26-,27+,28+,29+,30-,31?,32+,33+,34-,35-,36-,37+,38-,39+,40-,41-,42-,43-,44-,45-,46-,47+,49-,50-,51-,52+,53-;/m0./s1. The number of carbonyl (C=O) groups excluding carboxylic acids is 1. The van der Waals surface area contributed by atoms with Crippen LogP contribution in [0.5, 0.6) is 0 Å². The van der Waals surface area contributed by atoms with Crippen LogP contribution in [0.15, 0.2) is 0 Å². The van der Waals surface area contributed by atoms with E-state index >= 15 is 0 Å². The number of carboxylic acids is 1. The van der Waals surface area contributed by atoms with Crippen molar-refractivity contribution in [1.82, 2.24) is 0 Å². The van der Waals surface area contributed by atoms with Crippen molar-refractivity contribution >= 4 is 5.97 Å². The van der Waals surface area contributed by atoms with E-state index in [0.717, 1.165) is 12.8 Å². The number of aliphatic carboxylic acids is 1. The van der Waals surface area contributed by atoms with Crippen molar-refractivity contribution in [3.05, 3.63) is 0 Å². The van der Waals surface area contributed by atoms with Crippen LogP contribution in [0.3, 0.4) is 0 Å². The molecular formula is C53H89NaO18. The van der Waals surface area contributed by atoms with Gasteiger partial charge in [-0.05, 0) is 79.1 Å². The number of methoxy groups -OCH3 is 3. The van der Waals surface area contributed by atoms with Crippen LogP contribution in [0.2, 0.25) is 0 Å². The predicted molar refractivity (Wildman–Crippen MR) is 252 cm³/mol. The van der Waals surface area contributed by atoms with Gasteiger partial charge in [0.05, 0.1) is 90.4 Å². The third-order valence-electron chi connectivity index (χ3n) is 18.9. The van der Waals surface area contributed by atoms with E-state index in [1.165, 1.54) is 6.92 Å². The number of carbonyl (C=O) groups is 1. The molecule has 0 bridgehead atoms. The SMILES string of the molecule is CO[C@@H]1[C@@H](O[C@H]2CC[C@H](OC)[C@@H](C)O2)[C@H](C)[C@@](O)(C(C)C(=O)[O-])O[C@H]1[C@H](C)[C@H]1O[C@@]2(CC[C@@](C)([C@H]3CC[C@@](C)([C@@H]4O[C@@H]([C@H]5O[C@](C)(O)[C@H](C)C[C@@H]5C)C[C@@H]4O[C@H]4CC[C@H](OC)[C@@H](C)O4)O3)O2)C[C@H](O)[C@H]1C.[Na+]. The molecule has 8 rings (SSSR count). The van der Waals surface area contributed by atoms with Crippen LogP contribution >= 0.6 is 0 Å². The molecule has 0 aromatic heterocycles. The molecule has 0 radical (unpaired) electrons. The number of hydrogen-bond donors (Lipinski definition) is 3. The van der Waals surface area contributed by atoms with Gasteiger partial charge in [-0.2, -0.15) is 0 Å². The van der Waals surface area contributed by atoms with Gasteiger partial charge in [0.1, 0.15) is 12.2 Å². The van der Waals surface area contributed by atoms with Crippen molar-refractivity contribution in [2.45, 2.75) is 273 Å². The van der Waals surface area contributed by atoms with Gasteiger partial charge in [-0.3, -0.25) is 0 Å². The fourth-order valence-corrected chi connectivity index (χ4v) is 13.9. The van der Waals surface area contributed by atoms with Crippen LogP contribution in [-0.4, -0.2) is 169 Å². The van der Waals surface area contributed by atoms with Gasteiger partial charge in [-0.15, -0.1) is 0 Å². The van der Waals surface area contributed by atoms with E-state index < -0.39 is 107 Å². The van der Waals surface area contributed by atoms with Crippen LogP contribution in [0, 0.1) is 35.5 Å². The van der Waals surface area contributed by atoms with Crippen molar-refractivity contribution in [3.8, 4) is 0 Å². The molecule has 8 saturated heterocycles. The summed E-state index contributed by atoms with van der Waals surface area (Å²) in [6.45, 7) is 20.9. The molecule has 19 heteroatoms. The Balaban J connectivity index is 0.00000760. The third-order valence-corrected chi connectivity index (χ3v) is 18.9. The Morgan fingerprint density at radius 3 is 1.90 bits per heavy atom. The summed E-state index contributed by atoms with van der Waals surface area (Å²) in [5, 5.41) is 48.0. The molecule has 410 valence electrons. The Morgan fingerprint density at radius 1 is 0.694 bits per heavy atom. The molecule has 8 aliphatic heterocycles. The minimum absolute atomic E-state index is 0. The van der Waals surface area contributed by atoms with Gasteiger partial charge in [-0.1, -0.05) is 41.5 Å². The van der Waals surface area contributed by atoms with Gasteiger partial charge in [0, 0.05) is 83.1 Å². The van der Waals surface area contributed by atoms with E-state index in [4.69, 9.17) is 61.6 Å². The van der Waals surface area contributed by atoms with Crippen LogP contribution in [0.1, 0.15) is 147 Å². The molecule has 3 N–H and O–H groups in total. The first-order valence-electron chi connectivity index (χ1n) is 26.9. The summed E-state index contributed by atoms with van der Waals surface area (Å²) in [5.41, 5.74) is -1.61. The number of hydrogen-bond acceptors (Lipinski definition) is 18. The van der Waals surface area contributed by atoms with E-state index in [0.29, 0.717) is 51.4 Å². The fourth-order valence-electron chi connectivity index (χ4n) is 13.9. The van der Waals surface area contributed by atoms with Crippen molar-refractivity contribution in [3.63, 3.8) is 0 Å². The average Bonchev–Trinajstić information content (AvgIpc) is 4.03. The number of aliphatic hydroxyl groups excluding tert-OH is 1. The topological polar surface area (TPSA) is 221 Å². The van der Waals surface area contributed by atoms with Gasteiger partial charge in [0.25, 0.3) is 0 Å². The Kier molecular flexibility index (Phi) is 18.9. The molecule has 27 atom stereocenters. The quantitative estimate of drug-likeness (QED) is 0.210. The number of carboxylic acid groups (broad SMARTS) is 1. The zero-order chi connectivity index (χ0) is 51.7. The smallest absolute Gasteiger partial charge is 0.550 e. The number of aliphatic hydroxyl groups is 3. The third kappa shape index (κ3) is 11.5. The minimum atomic E-state index is -2.22. The Labute approximate surface area is 450 Å². The first-order valence-corrected chi connectivity index (χ1v) is 26.9. The molecule has 8 heterocycles. The summed E-state index contributed by atoms with van der Waals surface area (Å²) < 4.78 is 85.1. The van der Waals surface area contributed by atoms with Gasteiger partial charge >= 0.3 is 29.6 Å². The van der Waals surface area contributed by atoms with E-state index in [1.54, 1.807) is 35.2 Å². The van der Waals surface area contributed by atoms with E-state index in [9.17, 15) is 25.2 Å². The monoisotopic (exact) mass is 1040 g/mol. The van der Waals surface area contributed by atoms with Crippen molar-refractivity contribution in [2.75, 3.05) is 21.3 Å². The summed E-state index contributed by atoms with van der Waals surface area (Å²) in [6.07, 6.45) is -1.13. The zero-order valence-electron chi connectivity index (χ0n) is 45.9. The normalized spacial score (nSPS) is 53.0. The minimum Gasteiger partial charge on any atom is -0.550 e. The molecule has 1 unspecified atom stereocenters. The molecular weight excluding hydrogens is 948 g/mol. The van der Waals surface area contributed by atoms with Gasteiger partial charge in [0.15, 0.2) is 29.9 Å². The second-order valence-corrected chi connectivity index (χ2v) is 23.8. The van der Waals surface area contributed by atoms with E-state index in [1.807, 2.05) is 34.6 Å².